The summed E-state index contributed by atoms with van der Waals surface area (Å²) >= 11 is 0. The van der Waals surface area contributed by atoms with Crippen molar-refractivity contribution in [1.82, 2.24) is 4.98 Å². The predicted octanol–water partition coefficient (Wildman–Crippen LogP) is 2.39. The molecule has 1 aliphatic heterocycles. The van der Waals surface area contributed by atoms with Crippen molar-refractivity contribution in [2.75, 3.05) is 17.2 Å². The smallest absolute Gasteiger partial charge is 0.228 e. The third-order valence-electron chi connectivity index (χ3n) is 3.54. The highest BCUT2D eigenvalue weighted by Crippen LogP contribution is 2.32. The van der Waals surface area contributed by atoms with Crippen LogP contribution in [0.15, 0.2) is 18.2 Å². The molecule has 0 bridgehead atoms. The molecule has 0 spiro atoms. The first kappa shape index (κ1) is 11.9. The number of nitrogen functional groups attached to an aromatic ring is 1. The Morgan fingerprint density at radius 2 is 2.21 bits per heavy atom. The number of pyridine rings is 1. The molecule has 1 fully saturated rings. The molecule has 1 aromatic carbocycles. The van der Waals surface area contributed by atoms with Crippen LogP contribution >= 0.6 is 0 Å². The van der Waals surface area contributed by atoms with Crippen LogP contribution in [0.1, 0.15) is 18.4 Å². The van der Waals surface area contributed by atoms with Gasteiger partial charge in [-0.05, 0) is 25.5 Å². The molecule has 98 valence electrons. The van der Waals surface area contributed by atoms with Crippen molar-refractivity contribution in [3.8, 4) is 0 Å². The number of halogens is 1. The molecule has 0 atom stereocenters. The lowest BCUT2D eigenvalue weighted by atomic mass is 10.1. The van der Waals surface area contributed by atoms with Crippen LogP contribution in [0.5, 0.6) is 0 Å². The number of carbonyl (C=O) groups excluding carboxylic acids is 1. The van der Waals surface area contributed by atoms with Gasteiger partial charge in [0.2, 0.25) is 5.91 Å². The first-order valence-electron chi connectivity index (χ1n) is 6.23. The summed E-state index contributed by atoms with van der Waals surface area (Å²) in [6.07, 6.45) is 1.35. The number of hydrogen-bond acceptors (Lipinski definition) is 3. The van der Waals surface area contributed by atoms with E-state index in [1.807, 2.05) is 6.92 Å². The number of anilines is 2. The molecule has 3 rings (SSSR count). The van der Waals surface area contributed by atoms with E-state index in [2.05, 4.69) is 4.98 Å². The molecule has 5 heteroatoms. The van der Waals surface area contributed by atoms with Crippen LogP contribution in [-0.2, 0) is 4.79 Å². The highest BCUT2D eigenvalue weighted by molar-refractivity contribution is 6.00. The van der Waals surface area contributed by atoms with Gasteiger partial charge in [-0.25, -0.2) is 9.37 Å². The molecule has 19 heavy (non-hydrogen) atoms. The quantitative estimate of drug-likeness (QED) is 0.855. The lowest BCUT2D eigenvalue weighted by molar-refractivity contribution is -0.117. The van der Waals surface area contributed by atoms with Gasteiger partial charge in [0.25, 0.3) is 0 Å². The number of rotatable bonds is 1. The zero-order valence-corrected chi connectivity index (χ0v) is 10.6. The van der Waals surface area contributed by atoms with Crippen LogP contribution in [0.3, 0.4) is 0 Å². The maximum absolute atomic E-state index is 13.3. The molecule has 2 N–H and O–H groups in total. The number of nitrogens with zero attached hydrogens (tertiary/aromatic N) is 2. The Bertz CT molecular complexity index is 684. The minimum Gasteiger partial charge on any atom is -0.398 e. The number of fused-ring (bicyclic) bond motifs is 1. The van der Waals surface area contributed by atoms with Gasteiger partial charge in [-0.2, -0.15) is 0 Å². The third kappa shape index (κ3) is 1.82. The zero-order valence-electron chi connectivity index (χ0n) is 10.6. The summed E-state index contributed by atoms with van der Waals surface area (Å²) < 4.78 is 13.3. The number of carbonyl (C=O) groups is 1. The van der Waals surface area contributed by atoms with Gasteiger partial charge >= 0.3 is 0 Å². The highest BCUT2D eigenvalue weighted by Gasteiger charge is 2.25. The highest BCUT2D eigenvalue weighted by atomic mass is 19.1. The van der Waals surface area contributed by atoms with Crippen LogP contribution in [0.25, 0.3) is 10.9 Å². The van der Waals surface area contributed by atoms with Crippen molar-refractivity contribution in [1.29, 1.82) is 0 Å². The summed E-state index contributed by atoms with van der Waals surface area (Å²) in [6, 6.07) is 4.32. The Morgan fingerprint density at radius 1 is 1.42 bits per heavy atom. The van der Waals surface area contributed by atoms with Crippen molar-refractivity contribution in [3.05, 3.63) is 29.6 Å². The van der Waals surface area contributed by atoms with Crippen LogP contribution in [0, 0.1) is 12.7 Å². The molecule has 4 nitrogen and oxygen atoms in total. The van der Waals surface area contributed by atoms with Gasteiger partial charge in [-0.1, -0.05) is 0 Å². The Balaban J connectivity index is 2.25. The molecule has 1 amide bonds. The second-order valence-corrected chi connectivity index (χ2v) is 4.78. The fraction of sp³-hybridized carbons (Fsp3) is 0.286. The van der Waals surface area contributed by atoms with Crippen molar-refractivity contribution in [3.63, 3.8) is 0 Å². The maximum atomic E-state index is 13.3. The molecular formula is C14H14FN3O. The van der Waals surface area contributed by atoms with E-state index in [4.69, 9.17) is 5.73 Å². The largest absolute Gasteiger partial charge is 0.398 e. The summed E-state index contributed by atoms with van der Waals surface area (Å²) in [5.41, 5.74) is 7.89. The van der Waals surface area contributed by atoms with Crippen LogP contribution in [-0.4, -0.2) is 17.4 Å². The zero-order chi connectivity index (χ0) is 13.6. The third-order valence-corrected chi connectivity index (χ3v) is 3.54. The van der Waals surface area contributed by atoms with E-state index in [0.29, 0.717) is 35.4 Å². The minimum atomic E-state index is -0.359. The summed E-state index contributed by atoms with van der Waals surface area (Å²) in [5, 5.41) is 0.717. The van der Waals surface area contributed by atoms with E-state index in [1.165, 1.54) is 12.1 Å². The van der Waals surface area contributed by atoms with E-state index in [9.17, 15) is 9.18 Å². The average molecular weight is 259 g/mol. The standard InChI is InChI=1S/C14H14FN3O/c1-8-13(16)10-5-4-9(15)7-11(10)17-14(8)18-6-2-3-12(18)19/h4-5,7H,2-3,6H2,1H3,(H2,16,17). The molecule has 0 saturated carbocycles. The first-order chi connectivity index (χ1) is 9.08. The van der Waals surface area contributed by atoms with E-state index < -0.39 is 0 Å². The summed E-state index contributed by atoms with van der Waals surface area (Å²) in [7, 11) is 0. The van der Waals surface area contributed by atoms with Gasteiger partial charge in [-0.15, -0.1) is 0 Å². The van der Waals surface area contributed by atoms with Crippen LogP contribution in [0.2, 0.25) is 0 Å². The molecule has 0 unspecified atom stereocenters. The van der Waals surface area contributed by atoms with Crippen molar-refractivity contribution >= 4 is 28.3 Å². The number of aromatic nitrogens is 1. The van der Waals surface area contributed by atoms with Gasteiger partial charge in [-0.3, -0.25) is 9.69 Å². The second-order valence-electron chi connectivity index (χ2n) is 4.78. The van der Waals surface area contributed by atoms with Gasteiger partial charge in [0.1, 0.15) is 11.6 Å². The Kier molecular flexibility index (Phi) is 2.62. The van der Waals surface area contributed by atoms with Crippen molar-refractivity contribution < 1.29 is 9.18 Å². The topological polar surface area (TPSA) is 59.2 Å². The van der Waals surface area contributed by atoms with Crippen LogP contribution < -0.4 is 10.6 Å². The molecule has 1 aliphatic rings. The fourth-order valence-corrected chi connectivity index (χ4v) is 2.48. The number of hydrogen-bond donors (Lipinski definition) is 1. The second kappa shape index (κ2) is 4.19. The molecule has 0 aliphatic carbocycles. The number of amides is 1. The Hall–Kier alpha value is -2.17. The molecule has 1 aromatic heterocycles. The Morgan fingerprint density at radius 3 is 2.89 bits per heavy atom. The van der Waals surface area contributed by atoms with Gasteiger partial charge in [0.05, 0.1) is 5.52 Å². The normalized spacial score (nSPS) is 15.5. The lowest BCUT2D eigenvalue weighted by Gasteiger charge is -2.19. The molecule has 2 heterocycles. The maximum Gasteiger partial charge on any atom is 0.228 e. The monoisotopic (exact) mass is 259 g/mol. The SMILES string of the molecule is Cc1c(N2CCCC2=O)nc2cc(F)ccc2c1N. The predicted molar refractivity (Wildman–Crippen MR) is 72.4 cm³/mol. The molecule has 0 radical (unpaired) electrons. The molecule has 1 saturated heterocycles. The van der Waals surface area contributed by atoms with E-state index >= 15 is 0 Å². The Labute approximate surface area is 110 Å². The summed E-state index contributed by atoms with van der Waals surface area (Å²) in [6.45, 7) is 2.49. The minimum absolute atomic E-state index is 0.0470. The van der Waals surface area contributed by atoms with Crippen molar-refractivity contribution in [2.45, 2.75) is 19.8 Å². The van der Waals surface area contributed by atoms with Gasteiger partial charge in [0.15, 0.2) is 0 Å². The number of nitrogens with two attached hydrogens (primary N) is 1. The molecule has 2 aromatic rings. The van der Waals surface area contributed by atoms with E-state index in [1.54, 1.807) is 11.0 Å². The summed E-state index contributed by atoms with van der Waals surface area (Å²) in [5.74, 6) is 0.241. The first-order valence-corrected chi connectivity index (χ1v) is 6.23. The number of benzene rings is 1. The summed E-state index contributed by atoms with van der Waals surface area (Å²) in [4.78, 5) is 17.9. The lowest BCUT2D eigenvalue weighted by Crippen LogP contribution is -2.26. The van der Waals surface area contributed by atoms with E-state index in [0.717, 1.165) is 12.0 Å². The van der Waals surface area contributed by atoms with Gasteiger partial charge < -0.3 is 5.73 Å². The van der Waals surface area contributed by atoms with Gasteiger partial charge in [0, 0.05) is 35.7 Å². The molecular weight excluding hydrogens is 245 g/mol. The van der Waals surface area contributed by atoms with Crippen molar-refractivity contribution in [2.24, 2.45) is 0 Å². The fourth-order valence-electron chi connectivity index (χ4n) is 2.48. The van der Waals surface area contributed by atoms with Crippen LogP contribution in [0.4, 0.5) is 15.9 Å². The van der Waals surface area contributed by atoms with E-state index in [-0.39, 0.29) is 11.7 Å². The average Bonchev–Trinajstić information content (AvgIpc) is 2.80.